The van der Waals surface area contributed by atoms with Crippen molar-refractivity contribution in [2.75, 3.05) is 9.80 Å². The summed E-state index contributed by atoms with van der Waals surface area (Å²) in [5.74, 6) is -0.545. The van der Waals surface area contributed by atoms with E-state index < -0.39 is 21.4 Å². The molecule has 10 heteroatoms. The molecule has 0 radical (unpaired) electrons. The lowest BCUT2D eigenvalue weighted by atomic mass is 10.1. The van der Waals surface area contributed by atoms with Gasteiger partial charge in [0.15, 0.2) is 0 Å². The van der Waals surface area contributed by atoms with Gasteiger partial charge in [-0.25, -0.2) is 0 Å². The van der Waals surface area contributed by atoms with Crippen LogP contribution in [0.2, 0.25) is 0 Å². The number of furan rings is 1. The predicted molar refractivity (Wildman–Crippen MR) is 179 cm³/mol. The second-order valence-electron chi connectivity index (χ2n) is 10.6. The number of rotatable bonds is 8. The minimum atomic E-state index is -5.97. The molecule has 0 saturated heterocycles. The van der Waals surface area contributed by atoms with Crippen LogP contribution in [0.25, 0.3) is 21.9 Å². The molecule has 1 aromatic heterocycles. The van der Waals surface area contributed by atoms with Gasteiger partial charge in [0.05, 0.1) is 11.1 Å². The lowest BCUT2D eigenvalue weighted by molar-refractivity contribution is -0.0500. The second-order valence-corrected chi connectivity index (χ2v) is 12.1. The Morgan fingerprint density at radius 3 is 1.47 bits per heavy atom. The molecule has 0 bridgehead atoms. The van der Waals surface area contributed by atoms with E-state index in [4.69, 9.17) is 4.42 Å². The number of benzene rings is 6. The highest BCUT2D eigenvalue weighted by atomic mass is 32.2. The molecule has 0 spiro atoms. The molecule has 0 N–H and O–H groups in total. The van der Waals surface area contributed by atoms with Crippen LogP contribution < -0.4 is 14.0 Å². The molecule has 0 atom stereocenters. The molecule has 0 amide bonds. The standard InChI is InChI=1S/C37H25F3N2O4S/c38-37(39,40)47(43,44)46-31-24-33(42(28-17-9-3-10-18-28)29-19-11-4-12-20-29)36-32-22-21-30(23-34(32)45-35(36)25-31)41(26-13-5-1-6-14-26)27-15-7-2-8-16-27/h1-25H. The van der Waals surface area contributed by atoms with Crippen molar-refractivity contribution in [3.05, 3.63) is 152 Å². The maximum Gasteiger partial charge on any atom is 0.534 e. The summed E-state index contributed by atoms with van der Waals surface area (Å²) in [6.45, 7) is 0. The Hall–Kier alpha value is -5.74. The Kier molecular flexibility index (Phi) is 7.57. The van der Waals surface area contributed by atoms with Crippen molar-refractivity contribution in [1.29, 1.82) is 0 Å². The molecule has 0 fully saturated rings. The molecule has 6 nitrogen and oxygen atoms in total. The third kappa shape index (κ3) is 5.75. The maximum atomic E-state index is 13.4. The van der Waals surface area contributed by atoms with Crippen molar-refractivity contribution in [2.45, 2.75) is 5.51 Å². The molecule has 0 aliphatic rings. The first kappa shape index (κ1) is 29.9. The van der Waals surface area contributed by atoms with Crippen LogP contribution in [-0.2, 0) is 10.1 Å². The van der Waals surface area contributed by atoms with Gasteiger partial charge in [0, 0.05) is 52.0 Å². The van der Waals surface area contributed by atoms with E-state index in [2.05, 4.69) is 9.08 Å². The molecule has 1 heterocycles. The highest BCUT2D eigenvalue weighted by molar-refractivity contribution is 7.88. The van der Waals surface area contributed by atoms with Crippen molar-refractivity contribution in [2.24, 2.45) is 0 Å². The first-order valence-corrected chi connectivity index (χ1v) is 15.9. The number of fused-ring (bicyclic) bond motifs is 3. The van der Waals surface area contributed by atoms with Crippen molar-refractivity contribution >= 4 is 66.2 Å². The summed E-state index contributed by atoms with van der Waals surface area (Å²) < 4.78 is 75.6. The fraction of sp³-hybridized carbons (Fsp3) is 0.0270. The summed E-state index contributed by atoms with van der Waals surface area (Å²) in [5.41, 5.74) is -0.734. The van der Waals surface area contributed by atoms with Gasteiger partial charge in [-0.15, -0.1) is 0 Å². The molecule has 0 unspecified atom stereocenters. The number of hydrogen-bond donors (Lipinski definition) is 0. The molecular formula is C37H25F3N2O4S. The van der Waals surface area contributed by atoms with Crippen LogP contribution in [0.5, 0.6) is 5.75 Å². The first-order valence-electron chi connectivity index (χ1n) is 14.5. The first-order chi connectivity index (χ1) is 22.7. The van der Waals surface area contributed by atoms with Crippen molar-refractivity contribution in [1.82, 2.24) is 0 Å². The Morgan fingerprint density at radius 1 is 0.532 bits per heavy atom. The number of para-hydroxylation sites is 4. The van der Waals surface area contributed by atoms with Gasteiger partial charge in [0.1, 0.15) is 16.9 Å². The average Bonchev–Trinajstić information content (AvgIpc) is 3.44. The van der Waals surface area contributed by atoms with Gasteiger partial charge in [-0.1, -0.05) is 72.8 Å². The monoisotopic (exact) mass is 650 g/mol. The Bertz CT molecular complexity index is 2200. The SMILES string of the molecule is O=S(=O)(Oc1cc(N(c2ccccc2)c2ccccc2)c2c(c1)oc1cc(N(c3ccccc3)c3ccccc3)ccc12)C(F)(F)F. The molecule has 6 aromatic carbocycles. The van der Waals surface area contributed by atoms with Crippen molar-refractivity contribution in [3.8, 4) is 5.75 Å². The van der Waals surface area contributed by atoms with E-state index in [-0.39, 0.29) is 5.58 Å². The van der Waals surface area contributed by atoms with Gasteiger partial charge in [-0.3, -0.25) is 0 Å². The third-order valence-electron chi connectivity index (χ3n) is 7.56. The number of hydrogen-bond acceptors (Lipinski definition) is 6. The van der Waals surface area contributed by atoms with E-state index in [0.29, 0.717) is 33.4 Å². The maximum absolute atomic E-state index is 13.4. The largest absolute Gasteiger partial charge is 0.534 e. The fourth-order valence-electron chi connectivity index (χ4n) is 5.57. The number of alkyl halides is 3. The minimum Gasteiger partial charge on any atom is -0.456 e. The Balaban J connectivity index is 1.48. The molecule has 234 valence electrons. The van der Waals surface area contributed by atoms with Crippen molar-refractivity contribution in [3.63, 3.8) is 0 Å². The summed E-state index contributed by atoms with van der Waals surface area (Å²) in [5, 5.41) is 1.23. The van der Waals surface area contributed by atoms with Gasteiger partial charge >= 0.3 is 15.6 Å². The molecule has 0 saturated carbocycles. The summed E-state index contributed by atoms with van der Waals surface area (Å²) in [6.07, 6.45) is 0. The number of anilines is 6. The Labute approximate surface area is 268 Å². The van der Waals surface area contributed by atoms with Gasteiger partial charge in [-0.2, -0.15) is 21.6 Å². The molecule has 47 heavy (non-hydrogen) atoms. The van der Waals surface area contributed by atoms with Crippen LogP contribution in [0.1, 0.15) is 0 Å². The molecular weight excluding hydrogens is 625 g/mol. The minimum absolute atomic E-state index is 0.143. The highest BCUT2D eigenvalue weighted by Crippen LogP contribution is 2.47. The number of nitrogens with zero attached hydrogens (tertiary/aromatic N) is 2. The van der Waals surface area contributed by atoms with Crippen LogP contribution >= 0.6 is 0 Å². The van der Waals surface area contributed by atoms with Crippen LogP contribution in [0.15, 0.2) is 156 Å². The van der Waals surface area contributed by atoms with E-state index >= 15 is 0 Å². The summed E-state index contributed by atoms with van der Waals surface area (Å²) in [4.78, 5) is 3.87. The van der Waals surface area contributed by atoms with E-state index in [1.807, 2.05) is 144 Å². The summed E-state index contributed by atoms with van der Waals surface area (Å²) in [7, 11) is -5.97. The van der Waals surface area contributed by atoms with Crippen LogP contribution in [0.4, 0.5) is 47.3 Å². The van der Waals surface area contributed by atoms with Crippen LogP contribution in [0.3, 0.4) is 0 Å². The van der Waals surface area contributed by atoms with Crippen LogP contribution in [0, 0.1) is 0 Å². The number of halogens is 3. The predicted octanol–water partition coefficient (Wildman–Crippen LogP) is 10.8. The van der Waals surface area contributed by atoms with E-state index in [1.54, 1.807) is 0 Å². The molecule has 0 aliphatic heterocycles. The van der Waals surface area contributed by atoms with Crippen LogP contribution in [-0.4, -0.2) is 13.9 Å². The van der Waals surface area contributed by atoms with E-state index in [0.717, 1.165) is 17.1 Å². The van der Waals surface area contributed by atoms with E-state index in [1.165, 1.54) is 12.1 Å². The van der Waals surface area contributed by atoms with Gasteiger partial charge in [0.25, 0.3) is 0 Å². The second kappa shape index (κ2) is 11.9. The zero-order valence-corrected chi connectivity index (χ0v) is 25.3. The topological polar surface area (TPSA) is 63.0 Å². The van der Waals surface area contributed by atoms with E-state index in [9.17, 15) is 21.6 Å². The smallest absolute Gasteiger partial charge is 0.456 e. The highest BCUT2D eigenvalue weighted by Gasteiger charge is 2.48. The molecule has 0 aliphatic carbocycles. The molecule has 7 rings (SSSR count). The zero-order chi connectivity index (χ0) is 32.6. The lowest BCUT2D eigenvalue weighted by Gasteiger charge is -2.26. The summed E-state index contributed by atoms with van der Waals surface area (Å²) >= 11 is 0. The quantitative estimate of drug-likeness (QED) is 0.120. The zero-order valence-electron chi connectivity index (χ0n) is 24.5. The van der Waals surface area contributed by atoms with Gasteiger partial charge < -0.3 is 18.4 Å². The Morgan fingerprint density at radius 2 is 1.00 bits per heavy atom. The van der Waals surface area contributed by atoms with Gasteiger partial charge in [0.2, 0.25) is 0 Å². The normalized spacial score (nSPS) is 11.9. The van der Waals surface area contributed by atoms with Gasteiger partial charge in [-0.05, 0) is 60.7 Å². The molecule has 7 aromatic rings. The lowest BCUT2D eigenvalue weighted by Crippen LogP contribution is -2.28. The average molecular weight is 651 g/mol. The third-order valence-corrected chi connectivity index (χ3v) is 8.53. The fourth-order valence-corrected chi connectivity index (χ4v) is 6.01. The summed E-state index contributed by atoms with van der Waals surface area (Å²) in [6, 6.07) is 46.1. The van der Waals surface area contributed by atoms with Crippen molar-refractivity contribution < 1.29 is 30.2 Å².